The van der Waals surface area contributed by atoms with Crippen molar-refractivity contribution in [3.8, 4) is 67.3 Å². The zero-order valence-electron chi connectivity index (χ0n) is 38.5. The number of hydrogen-bond acceptors (Lipinski definition) is 1. The van der Waals surface area contributed by atoms with E-state index in [9.17, 15) is 0 Å². The van der Waals surface area contributed by atoms with Gasteiger partial charge in [-0.2, -0.15) is 0 Å². The molecule has 0 amide bonds. The fourth-order valence-corrected chi connectivity index (χ4v) is 12.1. The Morgan fingerprint density at radius 3 is 1.04 bits per heavy atom. The summed E-state index contributed by atoms with van der Waals surface area (Å²) in [5.74, 6) is 0. The van der Waals surface area contributed by atoms with Crippen molar-refractivity contribution in [2.24, 2.45) is 0 Å². The van der Waals surface area contributed by atoms with Crippen molar-refractivity contribution in [1.82, 2.24) is 14.1 Å². The maximum Gasteiger partial charge on any atom is 0.0715 e. The first-order chi connectivity index (χ1) is 33.2. The van der Waals surface area contributed by atoms with Crippen LogP contribution in [0.5, 0.6) is 0 Å². The molecule has 3 heterocycles. The maximum absolute atomic E-state index is 5.64. The molecule has 3 aromatic heterocycles. The fourth-order valence-electron chi connectivity index (χ4n) is 12.1. The number of rotatable bonds is 5. The largest absolute Gasteiger partial charge is 0.309 e. The number of hydrogen-bond donors (Lipinski definition) is 0. The van der Waals surface area contributed by atoms with E-state index in [0.717, 1.165) is 45.0 Å². The van der Waals surface area contributed by atoms with Gasteiger partial charge in [0.2, 0.25) is 0 Å². The van der Waals surface area contributed by atoms with Crippen molar-refractivity contribution >= 4 is 43.6 Å². The Hall–Kier alpha value is -8.27. The summed E-state index contributed by atoms with van der Waals surface area (Å²) in [5, 5.41) is 4.96. The Labute approximate surface area is 396 Å². The molecule has 68 heavy (non-hydrogen) atoms. The molecule has 0 fully saturated rings. The molecule has 9 aromatic carbocycles. The number of benzene rings is 9. The number of pyridine rings is 1. The zero-order valence-corrected chi connectivity index (χ0v) is 38.5. The summed E-state index contributed by atoms with van der Waals surface area (Å²) in [7, 11) is 0. The number of aromatic nitrogens is 3. The van der Waals surface area contributed by atoms with Gasteiger partial charge in [0.15, 0.2) is 0 Å². The molecule has 0 spiro atoms. The van der Waals surface area contributed by atoms with E-state index < -0.39 is 0 Å². The van der Waals surface area contributed by atoms with Crippen molar-refractivity contribution in [3.63, 3.8) is 0 Å². The third-order valence-electron chi connectivity index (χ3n) is 15.5. The standard InChI is InChI=1S/C65H47N3/c1-64(2)54-23-11-5-17-46(54)48-31-29-40(35-56(48)64)58-37-43(38-59(66-58)41-30-32-49-47-18-6-12-24-55(47)65(3,4)57(49)36-41)42-33-44(67-60-25-13-7-19-50(60)51-20-8-14-26-61(51)67)39-45(34-42)68-62-27-15-9-21-52(62)53-22-10-16-28-63(53)68/h5-39H,1-4H3. The Balaban J connectivity index is 1.05. The van der Waals surface area contributed by atoms with E-state index in [1.54, 1.807) is 0 Å². The summed E-state index contributed by atoms with van der Waals surface area (Å²) in [6.07, 6.45) is 0. The average Bonchev–Trinajstić information content (AvgIpc) is 4.05. The first-order valence-electron chi connectivity index (χ1n) is 23.9. The van der Waals surface area contributed by atoms with Crippen LogP contribution in [0.25, 0.3) is 111 Å². The molecule has 0 atom stereocenters. The van der Waals surface area contributed by atoms with Crippen LogP contribution in [0.2, 0.25) is 0 Å². The molecule has 322 valence electrons. The van der Waals surface area contributed by atoms with Crippen LogP contribution in [0.3, 0.4) is 0 Å². The summed E-state index contributed by atoms with van der Waals surface area (Å²) >= 11 is 0. The molecule has 0 bridgehead atoms. The van der Waals surface area contributed by atoms with Crippen LogP contribution in [0.4, 0.5) is 0 Å². The zero-order chi connectivity index (χ0) is 45.5. The predicted octanol–water partition coefficient (Wildman–Crippen LogP) is 16.9. The normalized spacial score (nSPS) is 14.1. The highest BCUT2D eigenvalue weighted by molar-refractivity contribution is 6.11. The minimum Gasteiger partial charge on any atom is -0.309 e. The summed E-state index contributed by atoms with van der Waals surface area (Å²) < 4.78 is 4.91. The van der Waals surface area contributed by atoms with E-state index in [2.05, 4.69) is 249 Å². The lowest BCUT2D eigenvalue weighted by Gasteiger charge is -2.22. The van der Waals surface area contributed by atoms with Crippen LogP contribution < -0.4 is 0 Å². The first kappa shape index (κ1) is 38.9. The highest BCUT2D eigenvalue weighted by atomic mass is 15.0. The van der Waals surface area contributed by atoms with Gasteiger partial charge in [-0.05, 0) is 122 Å². The molecule has 3 nitrogen and oxygen atoms in total. The van der Waals surface area contributed by atoms with Crippen molar-refractivity contribution in [3.05, 3.63) is 235 Å². The van der Waals surface area contributed by atoms with E-state index in [-0.39, 0.29) is 10.8 Å². The van der Waals surface area contributed by atoms with E-state index >= 15 is 0 Å². The molecule has 0 aliphatic heterocycles. The summed E-state index contributed by atoms with van der Waals surface area (Å²) in [5.41, 5.74) is 23.7. The third-order valence-corrected chi connectivity index (χ3v) is 15.5. The average molecular weight is 870 g/mol. The molecule has 0 saturated heterocycles. The highest BCUT2D eigenvalue weighted by Gasteiger charge is 2.37. The number of nitrogens with zero attached hydrogens (tertiary/aromatic N) is 3. The van der Waals surface area contributed by atoms with Crippen LogP contribution >= 0.6 is 0 Å². The molecule has 2 aliphatic rings. The smallest absolute Gasteiger partial charge is 0.0715 e. The Kier molecular flexibility index (Phi) is 8.09. The molecule has 2 aliphatic carbocycles. The summed E-state index contributed by atoms with van der Waals surface area (Å²) in [4.78, 5) is 5.64. The summed E-state index contributed by atoms with van der Waals surface area (Å²) in [6.45, 7) is 9.43. The second-order valence-corrected chi connectivity index (χ2v) is 20.0. The van der Waals surface area contributed by atoms with Gasteiger partial charge in [-0.25, -0.2) is 4.98 Å². The SMILES string of the molecule is CC1(C)c2ccccc2-c2ccc(-c3cc(-c4cc(-n5c6ccccc6c6ccccc65)cc(-n5c6ccccc6c6ccccc65)c4)cc(-c4ccc5c(c4)C(C)(C)c4ccccc4-5)n3)cc21. The molecule has 0 saturated carbocycles. The van der Waals surface area contributed by atoms with E-state index in [0.29, 0.717) is 0 Å². The second-order valence-electron chi connectivity index (χ2n) is 20.0. The number of para-hydroxylation sites is 4. The number of fused-ring (bicyclic) bond motifs is 12. The lowest BCUT2D eigenvalue weighted by atomic mass is 9.81. The van der Waals surface area contributed by atoms with Crippen molar-refractivity contribution in [2.75, 3.05) is 0 Å². The van der Waals surface area contributed by atoms with Crippen molar-refractivity contribution < 1.29 is 0 Å². The van der Waals surface area contributed by atoms with Gasteiger partial charge in [0, 0.05) is 54.9 Å². The van der Waals surface area contributed by atoms with Crippen LogP contribution in [0.15, 0.2) is 212 Å². The fraction of sp³-hybridized carbons (Fsp3) is 0.0923. The second kappa shape index (κ2) is 14.1. The minimum atomic E-state index is -0.142. The van der Waals surface area contributed by atoms with Gasteiger partial charge in [-0.1, -0.05) is 173 Å². The topological polar surface area (TPSA) is 22.8 Å². The third kappa shape index (κ3) is 5.50. The Morgan fingerprint density at radius 2 is 0.632 bits per heavy atom. The van der Waals surface area contributed by atoms with Crippen LogP contribution in [-0.2, 0) is 10.8 Å². The molecule has 14 rings (SSSR count). The maximum atomic E-state index is 5.64. The van der Waals surface area contributed by atoms with Gasteiger partial charge < -0.3 is 9.13 Å². The van der Waals surface area contributed by atoms with Gasteiger partial charge in [0.1, 0.15) is 0 Å². The van der Waals surface area contributed by atoms with Gasteiger partial charge in [0.25, 0.3) is 0 Å². The molecular weight excluding hydrogens is 823 g/mol. The van der Waals surface area contributed by atoms with E-state index in [1.165, 1.54) is 88.1 Å². The summed E-state index contributed by atoms with van der Waals surface area (Å²) in [6, 6.07) is 78.9. The van der Waals surface area contributed by atoms with Crippen LogP contribution in [-0.4, -0.2) is 14.1 Å². The molecule has 3 heteroatoms. The molecular formula is C65H47N3. The van der Waals surface area contributed by atoms with Gasteiger partial charge in [0.05, 0.1) is 33.5 Å². The van der Waals surface area contributed by atoms with E-state index in [1.807, 2.05) is 0 Å². The van der Waals surface area contributed by atoms with Crippen LogP contribution in [0, 0.1) is 0 Å². The Morgan fingerprint density at radius 1 is 0.294 bits per heavy atom. The lowest BCUT2D eigenvalue weighted by Crippen LogP contribution is -2.15. The quantitative estimate of drug-likeness (QED) is 0.169. The van der Waals surface area contributed by atoms with E-state index in [4.69, 9.17) is 4.98 Å². The van der Waals surface area contributed by atoms with Crippen LogP contribution in [0.1, 0.15) is 49.9 Å². The first-order valence-corrected chi connectivity index (χ1v) is 23.9. The minimum absolute atomic E-state index is 0.142. The molecule has 0 unspecified atom stereocenters. The van der Waals surface area contributed by atoms with Gasteiger partial charge >= 0.3 is 0 Å². The monoisotopic (exact) mass is 869 g/mol. The van der Waals surface area contributed by atoms with Crippen molar-refractivity contribution in [2.45, 2.75) is 38.5 Å². The Bertz CT molecular complexity index is 3730. The molecule has 0 radical (unpaired) electrons. The highest BCUT2D eigenvalue weighted by Crippen LogP contribution is 2.51. The molecule has 12 aromatic rings. The van der Waals surface area contributed by atoms with Gasteiger partial charge in [-0.3, -0.25) is 0 Å². The van der Waals surface area contributed by atoms with Gasteiger partial charge in [-0.15, -0.1) is 0 Å². The molecule has 0 N–H and O–H groups in total. The lowest BCUT2D eigenvalue weighted by molar-refractivity contribution is 0.660. The predicted molar refractivity (Wildman–Crippen MR) is 284 cm³/mol. The van der Waals surface area contributed by atoms with Crippen molar-refractivity contribution in [1.29, 1.82) is 0 Å².